The van der Waals surface area contributed by atoms with Crippen LogP contribution in [0.1, 0.15) is 54.9 Å². The Morgan fingerprint density at radius 2 is 1.62 bits per heavy atom. The predicted molar refractivity (Wildman–Crippen MR) is 109 cm³/mol. The summed E-state index contributed by atoms with van der Waals surface area (Å²) in [5, 5.41) is 4.33. The Labute approximate surface area is 157 Å². The molecule has 0 bridgehead atoms. The van der Waals surface area contributed by atoms with Crippen LogP contribution in [0.3, 0.4) is 0 Å². The molecule has 0 aliphatic carbocycles. The van der Waals surface area contributed by atoms with Crippen LogP contribution in [0.2, 0.25) is 0 Å². The molecular weight excluding hydrogens is 316 g/mol. The molecule has 2 aromatic carbocycles. The van der Waals surface area contributed by atoms with E-state index in [1.165, 1.54) is 67.2 Å². The van der Waals surface area contributed by atoms with Gasteiger partial charge in [0, 0.05) is 12.4 Å². The molecule has 0 spiro atoms. The highest BCUT2D eigenvalue weighted by Gasteiger charge is 2.05. The van der Waals surface area contributed by atoms with Crippen molar-refractivity contribution in [2.75, 3.05) is 0 Å². The Hall–Kier alpha value is -2.35. The first-order valence-corrected chi connectivity index (χ1v) is 9.97. The van der Waals surface area contributed by atoms with Gasteiger partial charge in [0.05, 0.1) is 6.54 Å². The number of aromatic nitrogens is 2. The van der Waals surface area contributed by atoms with Gasteiger partial charge in [0.2, 0.25) is 0 Å². The topological polar surface area (TPSA) is 17.8 Å². The lowest BCUT2D eigenvalue weighted by molar-refractivity contribution is 0.669. The van der Waals surface area contributed by atoms with Gasteiger partial charge in [-0.1, -0.05) is 68.3 Å². The summed E-state index contributed by atoms with van der Waals surface area (Å²) in [4.78, 5) is 0. The summed E-state index contributed by atoms with van der Waals surface area (Å²) in [7, 11) is 0. The molecule has 3 aromatic rings. The van der Waals surface area contributed by atoms with E-state index in [4.69, 9.17) is 0 Å². The number of aryl methyl sites for hydroxylation is 3. The number of rotatable bonds is 10. The van der Waals surface area contributed by atoms with Crippen molar-refractivity contribution in [2.24, 2.45) is 0 Å². The molecule has 26 heavy (non-hydrogen) atoms. The number of nitrogens with zero attached hydrogens (tertiary/aromatic N) is 2. The second-order valence-electron chi connectivity index (χ2n) is 7.10. The Balaban J connectivity index is 1.54. The lowest BCUT2D eigenvalue weighted by Gasteiger charge is -2.12. The van der Waals surface area contributed by atoms with E-state index in [0.717, 1.165) is 6.54 Å². The zero-order chi connectivity index (χ0) is 18.0. The molecule has 0 fully saturated rings. The quantitative estimate of drug-likeness (QED) is 0.422. The van der Waals surface area contributed by atoms with E-state index in [1.807, 2.05) is 23.1 Å². The maximum absolute atomic E-state index is 4.33. The first kappa shape index (κ1) is 18.4. The Bertz CT molecular complexity index is 760. The van der Waals surface area contributed by atoms with Gasteiger partial charge < -0.3 is 0 Å². The fourth-order valence-electron chi connectivity index (χ4n) is 3.57. The maximum Gasteiger partial charge on any atom is 0.0659 e. The van der Waals surface area contributed by atoms with Crippen molar-refractivity contribution < 1.29 is 0 Å². The Morgan fingerprint density at radius 1 is 0.769 bits per heavy atom. The van der Waals surface area contributed by atoms with Crippen molar-refractivity contribution in [1.82, 2.24) is 9.78 Å². The minimum Gasteiger partial charge on any atom is -0.268 e. The third-order valence-corrected chi connectivity index (χ3v) is 4.95. The number of hydrogen-bond acceptors (Lipinski definition) is 1. The number of unbranched alkanes of at least 4 members (excludes halogenated alkanes) is 2. The minimum atomic E-state index is 0.862. The molecule has 1 aromatic heterocycles. The predicted octanol–water partition coefficient (Wildman–Crippen LogP) is 5.84. The second-order valence-corrected chi connectivity index (χ2v) is 7.10. The number of benzene rings is 2. The van der Waals surface area contributed by atoms with Gasteiger partial charge in [-0.15, -0.1) is 0 Å². The van der Waals surface area contributed by atoms with Crippen molar-refractivity contribution >= 4 is 0 Å². The standard InChI is InChI=1S/C24H30N2/c1-2-10-23-16-15-22(20-26-18-9-17-25-26)19-24(23)14-8-4-7-13-21-11-5-3-6-12-21/h3,5-6,9,11-12,15-19H,2,4,7-8,10,13-14,20H2,1H3. The van der Waals surface area contributed by atoms with Crippen LogP contribution in [-0.2, 0) is 25.8 Å². The summed E-state index contributed by atoms with van der Waals surface area (Å²) >= 11 is 0. The fourth-order valence-corrected chi connectivity index (χ4v) is 3.57. The summed E-state index contributed by atoms with van der Waals surface area (Å²) in [6, 6.07) is 19.8. The van der Waals surface area contributed by atoms with Gasteiger partial charge in [-0.2, -0.15) is 5.10 Å². The molecule has 136 valence electrons. The van der Waals surface area contributed by atoms with Crippen molar-refractivity contribution in [3.05, 3.63) is 89.2 Å². The van der Waals surface area contributed by atoms with E-state index >= 15 is 0 Å². The van der Waals surface area contributed by atoms with Crippen LogP contribution in [0, 0.1) is 0 Å². The van der Waals surface area contributed by atoms with E-state index < -0.39 is 0 Å². The van der Waals surface area contributed by atoms with E-state index in [-0.39, 0.29) is 0 Å². The monoisotopic (exact) mass is 346 g/mol. The van der Waals surface area contributed by atoms with Gasteiger partial charge in [-0.3, -0.25) is 4.68 Å². The largest absolute Gasteiger partial charge is 0.268 e. The molecule has 0 amide bonds. The molecule has 2 heteroatoms. The molecular formula is C24H30N2. The third kappa shape index (κ3) is 5.59. The summed E-state index contributed by atoms with van der Waals surface area (Å²) in [5.74, 6) is 0. The zero-order valence-corrected chi connectivity index (χ0v) is 15.9. The minimum absolute atomic E-state index is 0.862. The molecule has 0 saturated heterocycles. The van der Waals surface area contributed by atoms with E-state index in [2.05, 4.69) is 60.6 Å². The van der Waals surface area contributed by atoms with Gasteiger partial charge in [-0.05, 0) is 60.4 Å². The third-order valence-electron chi connectivity index (χ3n) is 4.95. The second kappa shape index (κ2) is 9.96. The smallest absolute Gasteiger partial charge is 0.0659 e. The fraction of sp³-hybridized carbons (Fsp3) is 0.375. The highest BCUT2D eigenvalue weighted by Crippen LogP contribution is 2.18. The molecule has 0 saturated carbocycles. The van der Waals surface area contributed by atoms with Crippen molar-refractivity contribution in [3.8, 4) is 0 Å². The van der Waals surface area contributed by atoms with E-state index in [1.54, 1.807) is 0 Å². The van der Waals surface area contributed by atoms with Crippen LogP contribution in [0.25, 0.3) is 0 Å². The van der Waals surface area contributed by atoms with Gasteiger partial charge in [-0.25, -0.2) is 0 Å². The van der Waals surface area contributed by atoms with Crippen LogP contribution in [-0.4, -0.2) is 9.78 Å². The molecule has 1 heterocycles. The molecule has 0 radical (unpaired) electrons. The highest BCUT2D eigenvalue weighted by molar-refractivity contribution is 5.32. The first-order valence-electron chi connectivity index (χ1n) is 9.97. The van der Waals surface area contributed by atoms with Gasteiger partial charge >= 0.3 is 0 Å². The first-order chi connectivity index (χ1) is 12.8. The lowest BCUT2D eigenvalue weighted by Crippen LogP contribution is -2.03. The van der Waals surface area contributed by atoms with Gasteiger partial charge in [0.15, 0.2) is 0 Å². The van der Waals surface area contributed by atoms with Crippen LogP contribution in [0.4, 0.5) is 0 Å². The highest BCUT2D eigenvalue weighted by atomic mass is 15.3. The Morgan fingerprint density at radius 3 is 2.38 bits per heavy atom. The van der Waals surface area contributed by atoms with Crippen LogP contribution < -0.4 is 0 Å². The maximum atomic E-state index is 4.33. The van der Waals surface area contributed by atoms with Crippen molar-refractivity contribution in [1.29, 1.82) is 0 Å². The van der Waals surface area contributed by atoms with Gasteiger partial charge in [0.1, 0.15) is 0 Å². The average Bonchev–Trinajstić information content (AvgIpc) is 3.17. The number of hydrogen-bond donors (Lipinski definition) is 0. The molecule has 0 N–H and O–H groups in total. The molecule has 0 atom stereocenters. The summed E-state index contributed by atoms with van der Waals surface area (Å²) < 4.78 is 2.00. The van der Waals surface area contributed by atoms with Crippen LogP contribution in [0.5, 0.6) is 0 Å². The molecule has 0 aliphatic rings. The summed E-state index contributed by atoms with van der Waals surface area (Å²) in [6.45, 7) is 3.13. The Kier molecular flexibility index (Phi) is 7.06. The SMILES string of the molecule is CCCc1ccc(Cn2cccn2)cc1CCCCCc1ccccc1. The molecule has 3 rings (SSSR count). The zero-order valence-electron chi connectivity index (χ0n) is 15.9. The van der Waals surface area contributed by atoms with Gasteiger partial charge in [0.25, 0.3) is 0 Å². The van der Waals surface area contributed by atoms with Crippen LogP contribution in [0.15, 0.2) is 67.0 Å². The average molecular weight is 347 g/mol. The van der Waals surface area contributed by atoms with E-state index in [0.29, 0.717) is 0 Å². The molecule has 2 nitrogen and oxygen atoms in total. The van der Waals surface area contributed by atoms with Crippen molar-refractivity contribution in [2.45, 2.75) is 58.4 Å². The lowest BCUT2D eigenvalue weighted by atomic mass is 9.95. The van der Waals surface area contributed by atoms with E-state index in [9.17, 15) is 0 Å². The summed E-state index contributed by atoms with van der Waals surface area (Å²) in [5.41, 5.74) is 5.88. The van der Waals surface area contributed by atoms with Crippen molar-refractivity contribution in [3.63, 3.8) is 0 Å². The summed E-state index contributed by atoms with van der Waals surface area (Å²) in [6.07, 6.45) is 12.5. The normalized spacial score (nSPS) is 11.0. The van der Waals surface area contributed by atoms with Crippen LogP contribution >= 0.6 is 0 Å². The molecule has 0 unspecified atom stereocenters. The molecule has 0 aliphatic heterocycles.